The summed E-state index contributed by atoms with van der Waals surface area (Å²) in [6, 6.07) is 6.91. The molecule has 0 aliphatic rings. The Morgan fingerprint density at radius 1 is 1.14 bits per heavy atom. The summed E-state index contributed by atoms with van der Waals surface area (Å²) in [4.78, 5) is 16.3. The minimum absolute atomic E-state index is 0.261. The lowest BCUT2D eigenvalue weighted by Gasteiger charge is -2.11. The SMILES string of the molecule is CNc1ccncc1C(=O)Nc1cc(OC)cc(OC)c1. The second-order valence-electron chi connectivity index (χ2n) is 4.23. The van der Waals surface area contributed by atoms with Crippen molar-refractivity contribution < 1.29 is 14.3 Å². The van der Waals surface area contributed by atoms with Crippen LogP contribution < -0.4 is 20.1 Å². The van der Waals surface area contributed by atoms with Crippen molar-refractivity contribution in [2.24, 2.45) is 0 Å². The number of carbonyl (C=O) groups is 1. The van der Waals surface area contributed by atoms with Gasteiger partial charge in [0.25, 0.3) is 5.91 Å². The van der Waals surface area contributed by atoms with Crippen molar-refractivity contribution in [2.75, 3.05) is 31.9 Å². The summed E-state index contributed by atoms with van der Waals surface area (Å²) in [5.41, 5.74) is 1.75. The van der Waals surface area contributed by atoms with E-state index in [1.807, 2.05) is 0 Å². The molecule has 2 aromatic rings. The molecule has 2 rings (SSSR count). The molecule has 0 saturated heterocycles. The van der Waals surface area contributed by atoms with Crippen molar-refractivity contribution in [1.82, 2.24) is 4.98 Å². The van der Waals surface area contributed by atoms with E-state index in [0.717, 1.165) is 0 Å². The highest BCUT2D eigenvalue weighted by molar-refractivity contribution is 6.07. The molecule has 0 fully saturated rings. The number of ether oxygens (including phenoxy) is 2. The molecule has 1 aromatic heterocycles. The molecule has 1 aromatic carbocycles. The summed E-state index contributed by atoms with van der Waals surface area (Å²) in [7, 11) is 4.86. The Hall–Kier alpha value is -2.76. The Kier molecular flexibility index (Phi) is 4.61. The van der Waals surface area contributed by atoms with Gasteiger partial charge in [-0.3, -0.25) is 9.78 Å². The van der Waals surface area contributed by atoms with E-state index in [4.69, 9.17) is 9.47 Å². The van der Waals surface area contributed by atoms with Crippen molar-refractivity contribution in [3.63, 3.8) is 0 Å². The van der Waals surface area contributed by atoms with Gasteiger partial charge >= 0.3 is 0 Å². The molecule has 0 bridgehead atoms. The molecule has 1 amide bonds. The highest BCUT2D eigenvalue weighted by Crippen LogP contribution is 2.26. The zero-order chi connectivity index (χ0) is 15.2. The number of carbonyl (C=O) groups excluding carboxylic acids is 1. The Bertz CT molecular complexity index is 622. The van der Waals surface area contributed by atoms with Crippen LogP contribution in [-0.2, 0) is 0 Å². The first-order valence-electron chi connectivity index (χ1n) is 6.34. The molecule has 6 nitrogen and oxygen atoms in total. The average Bonchev–Trinajstić information content (AvgIpc) is 2.54. The van der Waals surface area contributed by atoms with Gasteiger partial charge in [0.05, 0.1) is 19.8 Å². The van der Waals surface area contributed by atoms with Gasteiger partial charge in [0.15, 0.2) is 0 Å². The Morgan fingerprint density at radius 2 is 1.81 bits per heavy atom. The van der Waals surface area contributed by atoms with Crippen molar-refractivity contribution in [1.29, 1.82) is 0 Å². The molecule has 21 heavy (non-hydrogen) atoms. The maximum absolute atomic E-state index is 12.3. The second-order valence-corrected chi connectivity index (χ2v) is 4.23. The van der Waals surface area contributed by atoms with Gasteiger partial charge in [0.2, 0.25) is 0 Å². The lowest BCUT2D eigenvalue weighted by atomic mass is 10.2. The molecule has 0 spiro atoms. The van der Waals surface area contributed by atoms with Crippen molar-refractivity contribution in [3.05, 3.63) is 42.2 Å². The van der Waals surface area contributed by atoms with Gasteiger partial charge in [0.1, 0.15) is 11.5 Å². The molecule has 2 N–H and O–H groups in total. The van der Waals surface area contributed by atoms with Crippen LogP contribution in [0.1, 0.15) is 10.4 Å². The van der Waals surface area contributed by atoms with Crippen molar-refractivity contribution >= 4 is 17.3 Å². The van der Waals surface area contributed by atoms with Crippen molar-refractivity contribution in [3.8, 4) is 11.5 Å². The number of amides is 1. The normalized spacial score (nSPS) is 9.86. The quantitative estimate of drug-likeness (QED) is 0.883. The minimum atomic E-state index is -0.261. The summed E-state index contributed by atoms with van der Waals surface area (Å²) in [6.07, 6.45) is 3.13. The van der Waals surface area contributed by atoms with Crippen LogP contribution in [0.4, 0.5) is 11.4 Å². The standard InChI is InChI=1S/C15H17N3O3/c1-16-14-4-5-17-9-13(14)15(19)18-10-6-11(20-2)8-12(7-10)21-3/h4-9H,1-3H3,(H,16,17)(H,18,19). The zero-order valence-electron chi connectivity index (χ0n) is 12.1. The van der Waals surface area contributed by atoms with Crippen LogP contribution in [-0.4, -0.2) is 32.2 Å². The number of nitrogens with zero attached hydrogens (tertiary/aromatic N) is 1. The van der Waals surface area contributed by atoms with Gasteiger partial charge in [-0.05, 0) is 6.07 Å². The Morgan fingerprint density at radius 3 is 2.38 bits per heavy atom. The van der Waals surface area contributed by atoms with E-state index >= 15 is 0 Å². The monoisotopic (exact) mass is 287 g/mol. The fourth-order valence-corrected chi connectivity index (χ4v) is 1.87. The maximum atomic E-state index is 12.3. The predicted octanol–water partition coefficient (Wildman–Crippen LogP) is 2.39. The predicted molar refractivity (Wildman–Crippen MR) is 81.3 cm³/mol. The average molecular weight is 287 g/mol. The first-order chi connectivity index (χ1) is 10.2. The van der Waals surface area contributed by atoms with E-state index in [1.54, 1.807) is 51.7 Å². The van der Waals surface area contributed by atoms with E-state index in [9.17, 15) is 4.79 Å². The number of benzene rings is 1. The Labute approximate surface area is 123 Å². The van der Waals surface area contributed by atoms with Gasteiger partial charge in [-0.25, -0.2) is 0 Å². The van der Waals surface area contributed by atoms with E-state index in [0.29, 0.717) is 28.4 Å². The number of hydrogen-bond donors (Lipinski definition) is 2. The number of rotatable bonds is 5. The molecule has 0 atom stereocenters. The molecule has 0 saturated carbocycles. The van der Waals surface area contributed by atoms with Gasteiger partial charge in [-0.1, -0.05) is 0 Å². The van der Waals surface area contributed by atoms with Crippen LogP contribution in [0.25, 0.3) is 0 Å². The van der Waals surface area contributed by atoms with Crippen LogP contribution in [0, 0.1) is 0 Å². The summed E-state index contributed by atoms with van der Waals surface area (Å²) in [5, 5.41) is 5.76. The van der Waals surface area contributed by atoms with Gasteiger partial charge in [-0.15, -0.1) is 0 Å². The largest absolute Gasteiger partial charge is 0.497 e. The molecule has 0 unspecified atom stereocenters. The zero-order valence-corrected chi connectivity index (χ0v) is 12.1. The van der Waals surface area contributed by atoms with Crippen LogP contribution in [0.3, 0.4) is 0 Å². The summed E-state index contributed by atoms with van der Waals surface area (Å²) < 4.78 is 10.3. The van der Waals surface area contributed by atoms with E-state index in [2.05, 4.69) is 15.6 Å². The number of hydrogen-bond acceptors (Lipinski definition) is 5. The lowest BCUT2D eigenvalue weighted by Crippen LogP contribution is -2.14. The smallest absolute Gasteiger partial charge is 0.259 e. The molecule has 6 heteroatoms. The fourth-order valence-electron chi connectivity index (χ4n) is 1.87. The van der Waals surface area contributed by atoms with E-state index in [1.165, 1.54) is 6.20 Å². The third kappa shape index (κ3) is 3.42. The lowest BCUT2D eigenvalue weighted by molar-refractivity contribution is 0.102. The number of nitrogens with one attached hydrogen (secondary N) is 2. The van der Waals surface area contributed by atoms with Gasteiger partial charge in [0, 0.05) is 49.0 Å². The van der Waals surface area contributed by atoms with Crippen LogP contribution in [0.15, 0.2) is 36.7 Å². The molecule has 0 aliphatic heterocycles. The Balaban J connectivity index is 2.27. The van der Waals surface area contributed by atoms with E-state index < -0.39 is 0 Å². The number of anilines is 2. The highest BCUT2D eigenvalue weighted by atomic mass is 16.5. The van der Waals surface area contributed by atoms with Crippen LogP contribution in [0.2, 0.25) is 0 Å². The van der Waals surface area contributed by atoms with Crippen molar-refractivity contribution in [2.45, 2.75) is 0 Å². The summed E-state index contributed by atoms with van der Waals surface area (Å²) >= 11 is 0. The second kappa shape index (κ2) is 6.60. The summed E-state index contributed by atoms with van der Waals surface area (Å²) in [6.45, 7) is 0. The maximum Gasteiger partial charge on any atom is 0.259 e. The highest BCUT2D eigenvalue weighted by Gasteiger charge is 2.12. The first kappa shape index (κ1) is 14.6. The van der Waals surface area contributed by atoms with E-state index in [-0.39, 0.29) is 5.91 Å². The molecule has 110 valence electrons. The van der Waals surface area contributed by atoms with Gasteiger partial charge in [-0.2, -0.15) is 0 Å². The fraction of sp³-hybridized carbons (Fsp3) is 0.200. The van der Waals surface area contributed by atoms with Gasteiger partial charge < -0.3 is 20.1 Å². The van der Waals surface area contributed by atoms with Crippen LogP contribution in [0.5, 0.6) is 11.5 Å². The molecule has 0 radical (unpaired) electrons. The minimum Gasteiger partial charge on any atom is -0.497 e. The molecular formula is C15H17N3O3. The van der Waals surface area contributed by atoms with Crippen LogP contribution >= 0.6 is 0 Å². The molecular weight excluding hydrogens is 270 g/mol. The first-order valence-corrected chi connectivity index (χ1v) is 6.34. The number of methoxy groups -OCH3 is 2. The summed E-state index contributed by atoms with van der Waals surface area (Å²) in [5.74, 6) is 0.942. The molecule has 0 aliphatic carbocycles. The molecule has 1 heterocycles. The third-order valence-electron chi connectivity index (χ3n) is 2.94. The number of pyridine rings is 1. The number of aromatic nitrogens is 1. The topological polar surface area (TPSA) is 72.5 Å². The third-order valence-corrected chi connectivity index (χ3v) is 2.94.